The SMILES string of the molecule is [C-]#[N+]C(C)c1cc(Br)c(C)s1. The topological polar surface area (TPSA) is 4.36 Å². The molecule has 0 N–H and O–H groups in total. The van der Waals surface area contributed by atoms with Gasteiger partial charge in [0.25, 0.3) is 6.04 Å². The molecule has 1 nitrogen and oxygen atoms in total. The molecule has 0 aliphatic heterocycles. The van der Waals surface area contributed by atoms with Crippen LogP contribution in [0.15, 0.2) is 10.5 Å². The normalized spacial score (nSPS) is 12.5. The summed E-state index contributed by atoms with van der Waals surface area (Å²) < 4.78 is 1.12. The van der Waals surface area contributed by atoms with Crippen LogP contribution in [0.1, 0.15) is 22.7 Å². The van der Waals surface area contributed by atoms with E-state index in [0.29, 0.717) is 0 Å². The molecular formula is C8H8BrNS. The van der Waals surface area contributed by atoms with Gasteiger partial charge >= 0.3 is 0 Å². The van der Waals surface area contributed by atoms with E-state index in [2.05, 4.69) is 27.7 Å². The van der Waals surface area contributed by atoms with Gasteiger partial charge in [-0.2, -0.15) is 0 Å². The lowest BCUT2D eigenvalue weighted by molar-refractivity contribution is 0.990. The fraction of sp³-hybridized carbons (Fsp3) is 0.375. The largest absolute Gasteiger partial charge is 0.308 e. The van der Waals surface area contributed by atoms with Gasteiger partial charge in [-0.3, -0.25) is 0 Å². The van der Waals surface area contributed by atoms with Gasteiger partial charge in [-0.15, -0.1) is 11.3 Å². The third kappa shape index (κ3) is 1.82. The van der Waals surface area contributed by atoms with Gasteiger partial charge in [-0.25, -0.2) is 6.57 Å². The lowest BCUT2D eigenvalue weighted by atomic mass is 10.3. The Kier molecular flexibility index (Phi) is 2.69. The monoisotopic (exact) mass is 229 g/mol. The van der Waals surface area contributed by atoms with Crippen LogP contribution in [0, 0.1) is 13.5 Å². The quantitative estimate of drug-likeness (QED) is 0.646. The Morgan fingerprint density at radius 1 is 1.73 bits per heavy atom. The van der Waals surface area contributed by atoms with E-state index >= 15 is 0 Å². The summed E-state index contributed by atoms with van der Waals surface area (Å²) >= 11 is 5.11. The van der Waals surface area contributed by atoms with Gasteiger partial charge in [0.05, 0.1) is 4.88 Å². The first kappa shape index (κ1) is 8.76. The van der Waals surface area contributed by atoms with Gasteiger partial charge in [-0.1, -0.05) is 0 Å². The Bertz CT molecular complexity index is 278. The third-order valence-corrected chi connectivity index (χ3v) is 3.79. The summed E-state index contributed by atoms with van der Waals surface area (Å²) in [5.41, 5.74) is 0. The van der Waals surface area contributed by atoms with Crippen LogP contribution in [0.4, 0.5) is 0 Å². The molecule has 0 aliphatic carbocycles. The van der Waals surface area contributed by atoms with Crippen LogP contribution >= 0.6 is 27.3 Å². The van der Waals surface area contributed by atoms with Crippen LogP contribution in [0.3, 0.4) is 0 Å². The molecule has 0 amide bonds. The van der Waals surface area contributed by atoms with Crippen LogP contribution in [0.2, 0.25) is 0 Å². The molecular weight excluding hydrogens is 222 g/mol. The zero-order valence-electron chi connectivity index (χ0n) is 6.39. The van der Waals surface area contributed by atoms with Crippen molar-refractivity contribution in [2.45, 2.75) is 19.9 Å². The molecule has 1 aromatic heterocycles. The molecule has 1 heterocycles. The molecule has 58 valence electrons. The molecule has 0 saturated carbocycles. The molecule has 0 aliphatic rings. The van der Waals surface area contributed by atoms with Crippen molar-refractivity contribution < 1.29 is 0 Å². The van der Waals surface area contributed by atoms with Gasteiger partial charge in [0.1, 0.15) is 0 Å². The smallest absolute Gasteiger partial charge is 0.255 e. The van der Waals surface area contributed by atoms with E-state index < -0.39 is 0 Å². The van der Waals surface area contributed by atoms with Crippen molar-refractivity contribution in [1.82, 2.24) is 0 Å². The highest BCUT2D eigenvalue weighted by Gasteiger charge is 2.12. The molecule has 11 heavy (non-hydrogen) atoms. The zero-order valence-corrected chi connectivity index (χ0v) is 8.79. The molecule has 0 fully saturated rings. The predicted molar refractivity (Wildman–Crippen MR) is 51.8 cm³/mol. The van der Waals surface area contributed by atoms with E-state index in [1.54, 1.807) is 11.3 Å². The molecule has 0 saturated heterocycles. The van der Waals surface area contributed by atoms with Crippen molar-refractivity contribution >= 4 is 27.3 Å². The van der Waals surface area contributed by atoms with Crippen molar-refractivity contribution in [3.8, 4) is 0 Å². The van der Waals surface area contributed by atoms with Crippen molar-refractivity contribution in [2.75, 3.05) is 0 Å². The van der Waals surface area contributed by atoms with Crippen LogP contribution < -0.4 is 0 Å². The Hall–Kier alpha value is -0.330. The van der Waals surface area contributed by atoms with Gasteiger partial charge in [0.2, 0.25) is 0 Å². The average Bonchev–Trinajstić information content (AvgIpc) is 2.31. The van der Waals surface area contributed by atoms with Crippen molar-refractivity contribution in [1.29, 1.82) is 0 Å². The second kappa shape index (κ2) is 3.38. The molecule has 1 unspecified atom stereocenters. The van der Waals surface area contributed by atoms with E-state index in [9.17, 15) is 0 Å². The van der Waals surface area contributed by atoms with E-state index in [4.69, 9.17) is 6.57 Å². The average molecular weight is 230 g/mol. The highest BCUT2D eigenvalue weighted by molar-refractivity contribution is 9.10. The maximum Gasteiger partial charge on any atom is 0.255 e. The summed E-state index contributed by atoms with van der Waals surface area (Å²) in [5, 5.41) is 0. The fourth-order valence-corrected chi connectivity index (χ4v) is 2.30. The van der Waals surface area contributed by atoms with Gasteiger partial charge in [0, 0.05) is 16.3 Å². The van der Waals surface area contributed by atoms with Crippen molar-refractivity contribution in [3.05, 3.63) is 31.7 Å². The molecule has 0 radical (unpaired) electrons. The number of thiophene rings is 1. The fourth-order valence-electron chi connectivity index (χ4n) is 0.751. The standard InChI is InChI=1S/C8H8BrNS/c1-5(10-3)8-4-7(9)6(2)11-8/h4-5H,1-2H3. The molecule has 0 aromatic carbocycles. The first-order valence-corrected chi connectivity index (χ1v) is 4.88. The number of rotatable bonds is 1. The van der Waals surface area contributed by atoms with Crippen LogP contribution in [-0.4, -0.2) is 0 Å². The van der Waals surface area contributed by atoms with E-state index in [1.807, 2.05) is 13.0 Å². The lowest BCUT2D eigenvalue weighted by Crippen LogP contribution is -1.77. The van der Waals surface area contributed by atoms with Gasteiger partial charge in [-0.05, 0) is 28.9 Å². The first-order chi connectivity index (χ1) is 5.15. The summed E-state index contributed by atoms with van der Waals surface area (Å²) in [5.74, 6) is 0. The maximum absolute atomic E-state index is 6.84. The zero-order chi connectivity index (χ0) is 8.43. The van der Waals surface area contributed by atoms with E-state index in [0.717, 1.165) is 9.35 Å². The summed E-state index contributed by atoms with van der Waals surface area (Å²) in [4.78, 5) is 5.84. The molecule has 1 aromatic rings. The van der Waals surface area contributed by atoms with Crippen LogP contribution in [-0.2, 0) is 0 Å². The Balaban J connectivity index is 2.99. The summed E-state index contributed by atoms with van der Waals surface area (Å²) in [6.45, 7) is 10.8. The Labute approximate surface area is 79.0 Å². The number of hydrogen-bond donors (Lipinski definition) is 0. The minimum atomic E-state index is 0.00463. The van der Waals surface area contributed by atoms with Crippen molar-refractivity contribution in [2.24, 2.45) is 0 Å². The molecule has 1 atom stereocenters. The number of halogens is 1. The van der Waals surface area contributed by atoms with E-state index in [-0.39, 0.29) is 6.04 Å². The summed E-state index contributed by atoms with van der Waals surface area (Å²) in [6, 6.07) is 2.04. The van der Waals surface area contributed by atoms with E-state index in [1.165, 1.54) is 4.88 Å². The van der Waals surface area contributed by atoms with Crippen LogP contribution in [0.5, 0.6) is 0 Å². The number of aryl methyl sites for hydroxylation is 1. The number of nitrogens with zero attached hydrogens (tertiary/aromatic N) is 1. The Morgan fingerprint density at radius 2 is 2.36 bits per heavy atom. The minimum Gasteiger partial charge on any atom is -0.308 e. The second-order valence-corrected chi connectivity index (χ2v) is 4.50. The first-order valence-electron chi connectivity index (χ1n) is 3.27. The predicted octanol–water partition coefficient (Wildman–Crippen LogP) is 3.80. The summed E-state index contributed by atoms with van der Waals surface area (Å²) in [6.07, 6.45) is 0. The lowest BCUT2D eigenvalue weighted by Gasteiger charge is -1.90. The second-order valence-electron chi connectivity index (χ2n) is 2.36. The highest BCUT2D eigenvalue weighted by atomic mass is 79.9. The van der Waals surface area contributed by atoms with Crippen LogP contribution in [0.25, 0.3) is 4.85 Å². The van der Waals surface area contributed by atoms with Gasteiger partial charge in [0.15, 0.2) is 0 Å². The highest BCUT2D eigenvalue weighted by Crippen LogP contribution is 2.31. The minimum absolute atomic E-state index is 0.00463. The van der Waals surface area contributed by atoms with Crippen molar-refractivity contribution in [3.63, 3.8) is 0 Å². The third-order valence-electron chi connectivity index (χ3n) is 1.48. The molecule has 3 heteroatoms. The molecule has 0 spiro atoms. The Morgan fingerprint density at radius 3 is 2.73 bits per heavy atom. The number of hydrogen-bond acceptors (Lipinski definition) is 1. The van der Waals surface area contributed by atoms with Gasteiger partial charge < -0.3 is 4.85 Å². The molecule has 1 rings (SSSR count). The molecule has 0 bridgehead atoms. The summed E-state index contributed by atoms with van der Waals surface area (Å²) in [7, 11) is 0. The maximum atomic E-state index is 6.84.